The van der Waals surface area contributed by atoms with Gasteiger partial charge in [0.1, 0.15) is 24.6 Å². The van der Waals surface area contributed by atoms with Gasteiger partial charge in [0, 0.05) is 61.5 Å². The number of nitrogen functional groups attached to an aromatic ring is 1. The van der Waals surface area contributed by atoms with E-state index < -0.39 is 6.17 Å². The number of ether oxygens (including phenoxy) is 1. The van der Waals surface area contributed by atoms with Crippen LogP contribution in [0, 0.1) is 6.57 Å². The number of likely N-dealkylation sites (N-methyl/N-ethyl adjacent to an activating group) is 2. The molecule has 1 aromatic heterocycles. The van der Waals surface area contributed by atoms with Crippen molar-refractivity contribution in [3.63, 3.8) is 0 Å². The van der Waals surface area contributed by atoms with Gasteiger partial charge in [-0.3, -0.25) is 9.69 Å². The third-order valence-electron chi connectivity index (χ3n) is 9.68. The first kappa shape index (κ1) is 44.9. The second kappa shape index (κ2) is 21.4. The topological polar surface area (TPSA) is 95.4 Å². The van der Waals surface area contributed by atoms with Crippen molar-refractivity contribution in [3.05, 3.63) is 76.2 Å². The number of likely N-dealkylation sites (tertiary alicyclic amines) is 2. The molecule has 52 heavy (non-hydrogen) atoms. The van der Waals surface area contributed by atoms with Crippen LogP contribution in [0.4, 0.5) is 15.9 Å². The summed E-state index contributed by atoms with van der Waals surface area (Å²) in [5.41, 5.74) is 9.36. The number of carbonyl (C=O) groups excluding carboxylic acids is 1. The van der Waals surface area contributed by atoms with Crippen molar-refractivity contribution in [2.45, 2.75) is 71.8 Å². The third kappa shape index (κ3) is 11.4. The highest BCUT2D eigenvalue weighted by Crippen LogP contribution is 2.36. The van der Waals surface area contributed by atoms with Crippen LogP contribution < -0.4 is 15.4 Å². The second-order valence-corrected chi connectivity index (χ2v) is 13.5. The minimum atomic E-state index is -0.727. The lowest BCUT2D eigenvalue weighted by Crippen LogP contribution is -2.39. The molecule has 1 amide bonds. The zero-order chi connectivity index (χ0) is 34.9. The number of amides is 1. The van der Waals surface area contributed by atoms with E-state index in [1.807, 2.05) is 30.9 Å². The Kier molecular flexibility index (Phi) is 18.5. The summed E-state index contributed by atoms with van der Waals surface area (Å²) in [6.07, 6.45) is 6.34. The van der Waals surface area contributed by atoms with Crippen LogP contribution in [-0.4, -0.2) is 108 Å². The van der Waals surface area contributed by atoms with Crippen LogP contribution in [-0.2, 0) is 17.8 Å². The van der Waals surface area contributed by atoms with Gasteiger partial charge < -0.3 is 30.0 Å². The molecule has 3 atom stereocenters. The van der Waals surface area contributed by atoms with E-state index in [0.29, 0.717) is 63.6 Å². The van der Waals surface area contributed by atoms with Gasteiger partial charge in [-0.25, -0.2) is 11.0 Å². The minimum Gasteiger partial charge on any atom is -0.462 e. The van der Waals surface area contributed by atoms with Gasteiger partial charge in [0.05, 0.1) is 17.3 Å². The number of nitrogens with two attached hydrogens (primary N) is 1. The van der Waals surface area contributed by atoms with E-state index >= 15 is 0 Å². The molecule has 2 saturated heterocycles. The number of benzene rings is 2. The van der Waals surface area contributed by atoms with Crippen molar-refractivity contribution in [2.24, 2.45) is 0 Å². The van der Waals surface area contributed by atoms with E-state index in [1.165, 1.54) is 12.5 Å². The van der Waals surface area contributed by atoms with E-state index in [-0.39, 0.29) is 46.4 Å². The quantitative estimate of drug-likeness (QED) is 0.184. The van der Waals surface area contributed by atoms with Crippen molar-refractivity contribution >= 4 is 66.8 Å². The number of halogens is 2. The Morgan fingerprint density at radius 3 is 2.60 bits per heavy atom. The fraction of sp³-hybridized carbons (Fsp3) is 0.526. The number of aromatic nitrogens is 2. The predicted molar refractivity (Wildman–Crippen MR) is 222 cm³/mol. The SMILES string of the molecule is C.CN1CCC[C@H]1COc1nc(N)c2c(n1)CN(c1cccc3cccc(Cl)c13)CC2.S.S.[C-]#[N+]C[C@@H](C)N(CC)C(=O)/C=C/CN1CCC(F)C1. The van der Waals surface area contributed by atoms with E-state index in [1.54, 1.807) is 11.0 Å². The van der Waals surface area contributed by atoms with Gasteiger partial charge in [0.25, 0.3) is 0 Å². The number of hydrogen-bond acceptors (Lipinski definition) is 8. The molecule has 286 valence electrons. The van der Waals surface area contributed by atoms with Crippen LogP contribution in [0.15, 0.2) is 48.6 Å². The van der Waals surface area contributed by atoms with Gasteiger partial charge in [-0.1, -0.05) is 49.4 Å². The number of alkyl halides is 1. The molecule has 14 heteroatoms. The standard InChI is InChI=1S/C23H26ClN5O.C14H22FN3O.CH4.2H2S/c1-28-11-4-7-16(28)14-30-23-26-19-13-29(12-10-17(19)22(25)27-23)20-9-3-6-15-5-2-8-18(24)21(15)20;1-4-18(12(2)10-16-3)14(19)6-5-8-17-9-7-13(15)11-17;;;/h2-3,5-6,8-9,16H,4,7,10-14H2,1H3,(H2,25,26,27);5-6,12-13H,4,7-11H2,1-2H3;1H4;2*1H2/b;6-5+;;;/t16-;12-,13?;;;/m01.../s1. The fourth-order valence-corrected chi connectivity index (χ4v) is 7.15. The van der Waals surface area contributed by atoms with Gasteiger partial charge in [-0.15, -0.1) is 0 Å². The van der Waals surface area contributed by atoms with Crippen molar-refractivity contribution < 1.29 is 13.9 Å². The highest BCUT2D eigenvalue weighted by atomic mass is 35.5. The lowest BCUT2D eigenvalue weighted by atomic mass is 10.0. The molecule has 2 fully saturated rings. The summed E-state index contributed by atoms with van der Waals surface area (Å²) in [5, 5.41) is 2.98. The van der Waals surface area contributed by atoms with E-state index in [2.05, 4.69) is 50.9 Å². The number of rotatable bonds is 10. The normalized spacial score (nSPS) is 19.0. The maximum Gasteiger partial charge on any atom is 0.318 e. The zero-order valence-electron chi connectivity index (χ0n) is 29.8. The summed E-state index contributed by atoms with van der Waals surface area (Å²) in [6, 6.07) is 13.0. The molecular weight excluding hydrogens is 719 g/mol. The van der Waals surface area contributed by atoms with E-state index in [0.717, 1.165) is 65.2 Å². The number of hydrogen-bond donors (Lipinski definition) is 1. The molecule has 1 unspecified atom stereocenters. The molecule has 6 rings (SSSR count). The Balaban J connectivity index is 0.000000375. The van der Waals surface area contributed by atoms with Crippen LogP contribution in [0.3, 0.4) is 0 Å². The number of nitrogens with zero attached hydrogens (tertiary/aromatic N) is 7. The van der Waals surface area contributed by atoms with Crippen LogP contribution in [0.1, 0.15) is 51.8 Å². The Hall–Kier alpha value is -3.28. The molecule has 0 saturated carbocycles. The van der Waals surface area contributed by atoms with E-state index in [9.17, 15) is 9.18 Å². The molecule has 3 aromatic rings. The number of fused-ring (bicyclic) bond motifs is 2. The Labute approximate surface area is 328 Å². The maximum atomic E-state index is 13.0. The fourth-order valence-electron chi connectivity index (χ4n) is 6.87. The lowest BCUT2D eigenvalue weighted by molar-refractivity contribution is -0.127. The molecule has 4 heterocycles. The highest BCUT2D eigenvalue weighted by Gasteiger charge is 2.26. The molecule has 2 aromatic carbocycles. The largest absolute Gasteiger partial charge is 0.462 e. The van der Waals surface area contributed by atoms with Gasteiger partial charge in [-0.05, 0) is 70.6 Å². The first-order valence-corrected chi connectivity index (χ1v) is 17.6. The summed E-state index contributed by atoms with van der Waals surface area (Å²) in [7, 11) is 2.14. The van der Waals surface area contributed by atoms with Crippen LogP contribution in [0.5, 0.6) is 6.01 Å². The minimum absolute atomic E-state index is 0. The second-order valence-electron chi connectivity index (χ2n) is 13.1. The van der Waals surface area contributed by atoms with Crippen molar-refractivity contribution in [3.8, 4) is 6.01 Å². The van der Waals surface area contributed by atoms with Gasteiger partial charge >= 0.3 is 6.01 Å². The lowest BCUT2D eigenvalue weighted by Gasteiger charge is -2.31. The van der Waals surface area contributed by atoms with Gasteiger partial charge in [0.15, 0.2) is 0 Å². The molecule has 0 aliphatic carbocycles. The van der Waals surface area contributed by atoms with Crippen molar-refractivity contribution in [1.82, 2.24) is 24.7 Å². The first-order valence-electron chi connectivity index (χ1n) is 17.3. The van der Waals surface area contributed by atoms with Crippen LogP contribution in [0.25, 0.3) is 15.6 Å². The van der Waals surface area contributed by atoms with Crippen molar-refractivity contribution in [1.29, 1.82) is 0 Å². The summed E-state index contributed by atoms with van der Waals surface area (Å²) < 4.78 is 18.9. The average molecular weight is 776 g/mol. The Bertz CT molecular complexity index is 1670. The highest BCUT2D eigenvalue weighted by molar-refractivity contribution is 7.59. The summed E-state index contributed by atoms with van der Waals surface area (Å²) in [6.45, 7) is 16.6. The number of carbonyl (C=O) groups is 1. The molecular formula is C38H56ClFN8O2S2. The third-order valence-corrected chi connectivity index (χ3v) is 9.99. The molecule has 3 aliphatic rings. The molecule has 0 bridgehead atoms. The van der Waals surface area contributed by atoms with Crippen LogP contribution in [0.2, 0.25) is 5.02 Å². The van der Waals surface area contributed by atoms with Crippen LogP contribution >= 0.6 is 38.6 Å². The Morgan fingerprint density at radius 1 is 1.19 bits per heavy atom. The monoisotopic (exact) mass is 774 g/mol. The number of anilines is 2. The summed E-state index contributed by atoms with van der Waals surface area (Å²) >= 11 is 6.55. The smallest absolute Gasteiger partial charge is 0.318 e. The zero-order valence-corrected chi connectivity index (χ0v) is 32.6. The summed E-state index contributed by atoms with van der Waals surface area (Å²) in [5.74, 6) is 0.458. The van der Waals surface area contributed by atoms with Crippen molar-refractivity contribution in [2.75, 3.05) is 70.1 Å². The summed E-state index contributed by atoms with van der Waals surface area (Å²) in [4.78, 5) is 32.8. The molecule has 0 spiro atoms. The Morgan fingerprint density at radius 2 is 1.94 bits per heavy atom. The van der Waals surface area contributed by atoms with Gasteiger partial charge in [0.2, 0.25) is 12.5 Å². The van der Waals surface area contributed by atoms with E-state index in [4.69, 9.17) is 33.6 Å². The predicted octanol–water partition coefficient (Wildman–Crippen LogP) is 6.51. The average Bonchev–Trinajstić information content (AvgIpc) is 3.70. The molecule has 2 N–H and O–H groups in total. The van der Waals surface area contributed by atoms with Gasteiger partial charge in [-0.2, -0.15) is 37.0 Å². The first-order chi connectivity index (χ1) is 23.7. The molecule has 10 nitrogen and oxygen atoms in total. The molecule has 3 aliphatic heterocycles. The molecule has 0 radical (unpaired) electrons. The maximum absolute atomic E-state index is 13.0.